The number of hydrogen-bond donors (Lipinski definition) is 1. The molecule has 1 fully saturated rings. The molecule has 2 aromatic rings. The van der Waals surface area contributed by atoms with Crippen molar-refractivity contribution < 1.29 is 9.18 Å². The van der Waals surface area contributed by atoms with Gasteiger partial charge in [-0.25, -0.2) is 14.4 Å². The minimum absolute atomic E-state index is 0.0243. The van der Waals surface area contributed by atoms with E-state index in [0.717, 1.165) is 12.8 Å². The summed E-state index contributed by atoms with van der Waals surface area (Å²) >= 11 is 0. The minimum Gasteiger partial charge on any atom is -0.334 e. The van der Waals surface area contributed by atoms with Gasteiger partial charge >= 0.3 is 0 Å². The zero-order valence-corrected chi connectivity index (χ0v) is 13.7. The maximum Gasteiger partial charge on any atom is 0.257 e. The van der Waals surface area contributed by atoms with Gasteiger partial charge in [0.25, 0.3) is 5.91 Å². The Kier molecular flexibility index (Phi) is 4.85. The van der Waals surface area contributed by atoms with Crippen LogP contribution in [0.2, 0.25) is 0 Å². The molecule has 0 saturated carbocycles. The average molecular weight is 328 g/mol. The number of rotatable bonds is 3. The third kappa shape index (κ3) is 3.01. The number of hydrogen-bond acceptors (Lipinski definition) is 4. The van der Waals surface area contributed by atoms with Gasteiger partial charge in [-0.1, -0.05) is 19.1 Å². The number of likely N-dealkylation sites (tertiary alicyclic amines) is 1. The Labute approximate surface area is 140 Å². The Hall–Kier alpha value is -2.34. The average Bonchev–Trinajstić information content (AvgIpc) is 2.61. The Balaban J connectivity index is 2.04. The fraction of sp³-hybridized carbons (Fsp3) is 0.389. The van der Waals surface area contributed by atoms with E-state index in [1.54, 1.807) is 35.5 Å². The van der Waals surface area contributed by atoms with Gasteiger partial charge in [0.05, 0.1) is 5.56 Å². The zero-order valence-electron chi connectivity index (χ0n) is 13.7. The van der Waals surface area contributed by atoms with Gasteiger partial charge in [-0.15, -0.1) is 0 Å². The van der Waals surface area contributed by atoms with Gasteiger partial charge in [0.15, 0.2) is 5.82 Å². The lowest BCUT2D eigenvalue weighted by atomic mass is 9.89. The van der Waals surface area contributed by atoms with Crippen LogP contribution in [0.1, 0.15) is 30.1 Å². The minimum atomic E-state index is -0.557. The second kappa shape index (κ2) is 7.05. The highest BCUT2D eigenvalue weighted by Crippen LogP contribution is 2.29. The number of nitrogens with zero attached hydrogens (tertiary/aromatic N) is 3. The summed E-state index contributed by atoms with van der Waals surface area (Å²) in [6.45, 7) is 3.05. The van der Waals surface area contributed by atoms with Crippen LogP contribution in [0.4, 0.5) is 4.39 Å². The number of piperidine rings is 1. The van der Waals surface area contributed by atoms with E-state index in [0.29, 0.717) is 30.4 Å². The van der Waals surface area contributed by atoms with Crippen LogP contribution in [-0.2, 0) is 0 Å². The maximum absolute atomic E-state index is 14.5. The van der Waals surface area contributed by atoms with E-state index in [-0.39, 0.29) is 17.5 Å². The molecule has 1 aromatic heterocycles. The third-order valence-electron chi connectivity index (χ3n) is 4.65. The quantitative estimate of drug-likeness (QED) is 0.939. The number of benzene rings is 1. The summed E-state index contributed by atoms with van der Waals surface area (Å²) < 4.78 is 14.5. The molecular formula is C18H21FN4O. The van der Waals surface area contributed by atoms with Gasteiger partial charge in [0.1, 0.15) is 5.82 Å². The number of nitrogens with two attached hydrogens (primary N) is 1. The first-order chi connectivity index (χ1) is 11.6. The number of carbonyl (C=O) groups is 1. The largest absolute Gasteiger partial charge is 0.334 e. The van der Waals surface area contributed by atoms with Gasteiger partial charge < -0.3 is 10.6 Å². The van der Waals surface area contributed by atoms with Crippen molar-refractivity contribution in [1.29, 1.82) is 0 Å². The summed E-state index contributed by atoms with van der Waals surface area (Å²) in [5.74, 6) is -0.248. The maximum atomic E-state index is 14.5. The summed E-state index contributed by atoms with van der Waals surface area (Å²) in [5, 5.41) is 0. The first-order valence-corrected chi connectivity index (χ1v) is 8.20. The monoisotopic (exact) mass is 328 g/mol. The molecule has 2 heterocycles. The molecule has 2 unspecified atom stereocenters. The van der Waals surface area contributed by atoms with Crippen LogP contribution in [0.15, 0.2) is 36.7 Å². The number of carbonyl (C=O) groups excluding carboxylic acids is 1. The lowest BCUT2D eigenvalue weighted by Gasteiger charge is -2.39. The van der Waals surface area contributed by atoms with E-state index in [1.807, 2.05) is 0 Å². The summed E-state index contributed by atoms with van der Waals surface area (Å²) in [6, 6.07) is 6.15. The fourth-order valence-electron chi connectivity index (χ4n) is 3.37. The Morgan fingerprint density at radius 2 is 2.08 bits per heavy atom. The van der Waals surface area contributed by atoms with Crippen molar-refractivity contribution in [1.82, 2.24) is 14.9 Å². The van der Waals surface area contributed by atoms with Crippen LogP contribution in [0.5, 0.6) is 0 Å². The Morgan fingerprint density at radius 3 is 2.79 bits per heavy atom. The van der Waals surface area contributed by atoms with Crippen molar-refractivity contribution in [3.8, 4) is 11.4 Å². The zero-order chi connectivity index (χ0) is 17.1. The summed E-state index contributed by atoms with van der Waals surface area (Å²) in [4.78, 5) is 23.1. The van der Waals surface area contributed by atoms with Crippen molar-refractivity contribution in [2.24, 2.45) is 11.7 Å². The van der Waals surface area contributed by atoms with Crippen molar-refractivity contribution in [3.05, 3.63) is 48.0 Å². The van der Waals surface area contributed by atoms with E-state index in [4.69, 9.17) is 5.73 Å². The molecule has 0 bridgehead atoms. The van der Waals surface area contributed by atoms with E-state index >= 15 is 0 Å². The molecule has 3 rings (SSSR count). The molecule has 0 aliphatic carbocycles. The van der Waals surface area contributed by atoms with Gasteiger partial charge in [0, 0.05) is 37.1 Å². The van der Waals surface area contributed by atoms with Gasteiger partial charge in [-0.2, -0.15) is 0 Å². The molecule has 1 aliphatic heterocycles. The van der Waals surface area contributed by atoms with Crippen LogP contribution in [0.3, 0.4) is 0 Å². The Bertz CT molecular complexity index is 722. The van der Waals surface area contributed by atoms with Crippen molar-refractivity contribution in [2.45, 2.75) is 25.8 Å². The molecular weight excluding hydrogens is 307 g/mol. The molecule has 1 amide bonds. The molecule has 2 atom stereocenters. The molecule has 1 aliphatic rings. The normalized spacial score (nSPS) is 20.9. The lowest BCUT2D eigenvalue weighted by Crippen LogP contribution is -2.51. The van der Waals surface area contributed by atoms with E-state index in [2.05, 4.69) is 16.9 Å². The first kappa shape index (κ1) is 16.5. The smallest absolute Gasteiger partial charge is 0.257 e. The van der Waals surface area contributed by atoms with E-state index in [1.165, 1.54) is 6.07 Å². The standard InChI is InChI=1S/C18H21FN4O/c1-12-5-3-10-23(15(12)11-20)18(24)16-13(6-2-7-14(16)19)17-21-8-4-9-22-17/h2,4,6-9,12,15H,3,5,10-11,20H2,1H3. The predicted octanol–water partition coefficient (Wildman–Crippen LogP) is 2.48. The first-order valence-electron chi connectivity index (χ1n) is 8.20. The molecule has 6 heteroatoms. The second-order valence-corrected chi connectivity index (χ2v) is 6.16. The highest BCUT2D eigenvalue weighted by Gasteiger charge is 2.33. The molecule has 126 valence electrons. The van der Waals surface area contributed by atoms with Crippen LogP contribution >= 0.6 is 0 Å². The van der Waals surface area contributed by atoms with Crippen molar-refractivity contribution in [2.75, 3.05) is 13.1 Å². The predicted molar refractivity (Wildman–Crippen MR) is 89.7 cm³/mol. The summed E-state index contributed by atoms with van der Waals surface area (Å²) in [7, 11) is 0. The van der Waals surface area contributed by atoms with Crippen LogP contribution < -0.4 is 5.73 Å². The lowest BCUT2D eigenvalue weighted by molar-refractivity contribution is 0.0528. The number of aromatic nitrogens is 2. The van der Waals surface area contributed by atoms with Crippen LogP contribution in [0, 0.1) is 11.7 Å². The molecule has 5 nitrogen and oxygen atoms in total. The molecule has 24 heavy (non-hydrogen) atoms. The molecule has 2 N–H and O–H groups in total. The highest BCUT2D eigenvalue weighted by molar-refractivity contribution is 6.00. The third-order valence-corrected chi connectivity index (χ3v) is 4.65. The molecule has 0 spiro atoms. The molecule has 0 radical (unpaired) electrons. The van der Waals surface area contributed by atoms with Crippen molar-refractivity contribution in [3.63, 3.8) is 0 Å². The summed E-state index contributed by atoms with van der Waals surface area (Å²) in [5.41, 5.74) is 6.31. The summed E-state index contributed by atoms with van der Waals surface area (Å²) in [6.07, 6.45) is 5.08. The Morgan fingerprint density at radius 1 is 1.33 bits per heavy atom. The number of halogens is 1. The van der Waals surface area contributed by atoms with Gasteiger partial charge in [0.2, 0.25) is 0 Å². The van der Waals surface area contributed by atoms with Gasteiger partial charge in [-0.3, -0.25) is 4.79 Å². The fourth-order valence-corrected chi connectivity index (χ4v) is 3.37. The van der Waals surface area contributed by atoms with E-state index < -0.39 is 5.82 Å². The topological polar surface area (TPSA) is 72.1 Å². The van der Waals surface area contributed by atoms with Crippen molar-refractivity contribution >= 4 is 5.91 Å². The molecule has 1 saturated heterocycles. The van der Waals surface area contributed by atoms with Gasteiger partial charge in [-0.05, 0) is 30.9 Å². The second-order valence-electron chi connectivity index (χ2n) is 6.16. The van der Waals surface area contributed by atoms with Crippen LogP contribution in [-0.4, -0.2) is 39.9 Å². The number of amides is 1. The SMILES string of the molecule is CC1CCCN(C(=O)c2c(F)cccc2-c2ncccn2)C1CN. The highest BCUT2D eigenvalue weighted by atomic mass is 19.1. The van der Waals surface area contributed by atoms with E-state index in [9.17, 15) is 9.18 Å². The van der Waals surface area contributed by atoms with Crippen LogP contribution in [0.25, 0.3) is 11.4 Å². The molecule has 1 aromatic carbocycles.